The van der Waals surface area contributed by atoms with Crippen LogP contribution in [0.2, 0.25) is 0 Å². The van der Waals surface area contributed by atoms with Crippen molar-refractivity contribution in [1.82, 2.24) is 9.97 Å². The topological polar surface area (TPSA) is 102 Å². The number of anilines is 2. The molecule has 0 radical (unpaired) electrons. The van der Waals surface area contributed by atoms with Gasteiger partial charge < -0.3 is 15.8 Å². The largest absolute Gasteiger partial charge is 0.463 e. The van der Waals surface area contributed by atoms with E-state index in [1.807, 2.05) is 19.1 Å². The van der Waals surface area contributed by atoms with Crippen LogP contribution in [0.15, 0.2) is 41.7 Å². The Labute approximate surface area is 146 Å². The molecule has 7 nitrogen and oxygen atoms in total. The van der Waals surface area contributed by atoms with Crippen LogP contribution < -0.4 is 11.1 Å². The van der Waals surface area contributed by atoms with Gasteiger partial charge in [-0.25, -0.2) is 15.0 Å². The quantitative estimate of drug-likeness (QED) is 0.751. The summed E-state index contributed by atoms with van der Waals surface area (Å²) in [4.78, 5) is 24.1. The summed E-state index contributed by atoms with van der Waals surface area (Å²) < 4.78 is 5.15. The Hall–Kier alpha value is -2.96. The number of amidine groups is 1. The highest BCUT2D eigenvalue weighted by Gasteiger charge is 2.16. The maximum Gasteiger partial charge on any atom is 0.282 e. The summed E-state index contributed by atoms with van der Waals surface area (Å²) in [5, 5.41) is 3.13. The molecule has 0 amide bonds. The number of benzene rings is 1. The number of Topliss-reactive ketones (excluding diaryl/α,β-unsaturated/α-hetero) is 1. The normalized spacial score (nSPS) is 16.2. The summed E-state index contributed by atoms with van der Waals surface area (Å²) >= 11 is 0. The van der Waals surface area contributed by atoms with Crippen molar-refractivity contribution >= 4 is 23.4 Å². The average molecular weight is 339 g/mol. The molecule has 1 aromatic heterocycles. The second-order valence-electron chi connectivity index (χ2n) is 5.86. The van der Waals surface area contributed by atoms with Crippen LogP contribution in [0, 0.1) is 0 Å². The van der Waals surface area contributed by atoms with Crippen LogP contribution in [-0.4, -0.2) is 34.4 Å². The molecular formula is C18H21N5O2. The summed E-state index contributed by atoms with van der Waals surface area (Å²) in [5.74, 6) is 0.503. The van der Waals surface area contributed by atoms with Crippen molar-refractivity contribution in [1.29, 1.82) is 0 Å². The number of aromatic nitrogens is 2. The molecule has 0 saturated carbocycles. The van der Waals surface area contributed by atoms with Gasteiger partial charge in [-0.1, -0.05) is 19.1 Å². The Morgan fingerprint density at radius 3 is 2.60 bits per heavy atom. The van der Waals surface area contributed by atoms with E-state index in [2.05, 4.69) is 32.4 Å². The van der Waals surface area contributed by atoms with Crippen LogP contribution in [0.1, 0.15) is 35.7 Å². The summed E-state index contributed by atoms with van der Waals surface area (Å²) in [5.41, 5.74) is 8.15. The maximum atomic E-state index is 11.6. The van der Waals surface area contributed by atoms with Crippen molar-refractivity contribution in [3.8, 4) is 0 Å². The van der Waals surface area contributed by atoms with Crippen molar-refractivity contribution in [3.63, 3.8) is 0 Å². The van der Waals surface area contributed by atoms with E-state index in [-0.39, 0.29) is 17.8 Å². The number of aryl methyl sites for hydroxylation is 1. The van der Waals surface area contributed by atoms with Gasteiger partial charge in [0.25, 0.3) is 6.02 Å². The first-order chi connectivity index (χ1) is 12.1. The molecule has 2 aromatic rings. The molecule has 1 aliphatic heterocycles. The molecule has 1 unspecified atom stereocenters. The zero-order chi connectivity index (χ0) is 17.6. The van der Waals surface area contributed by atoms with Crippen molar-refractivity contribution in [2.24, 2.45) is 10.7 Å². The van der Waals surface area contributed by atoms with Crippen molar-refractivity contribution < 1.29 is 9.53 Å². The van der Waals surface area contributed by atoms with Crippen LogP contribution >= 0.6 is 0 Å². The predicted octanol–water partition coefficient (Wildman–Crippen LogP) is 2.46. The monoisotopic (exact) mass is 339 g/mol. The van der Waals surface area contributed by atoms with E-state index in [0.29, 0.717) is 24.5 Å². The smallest absolute Gasteiger partial charge is 0.282 e. The molecule has 3 N–H and O–H groups in total. The molecule has 0 aliphatic carbocycles. The minimum Gasteiger partial charge on any atom is -0.463 e. The molecule has 0 spiro atoms. The highest BCUT2D eigenvalue weighted by Crippen LogP contribution is 2.17. The average Bonchev–Trinajstić information content (AvgIpc) is 3.06. The van der Waals surface area contributed by atoms with Gasteiger partial charge in [-0.15, -0.1) is 0 Å². The van der Waals surface area contributed by atoms with Gasteiger partial charge in [-0.3, -0.25) is 4.79 Å². The minimum atomic E-state index is 0.0367. The Balaban J connectivity index is 1.54. The zero-order valence-electron chi connectivity index (χ0n) is 14.1. The van der Waals surface area contributed by atoms with E-state index >= 15 is 0 Å². The third kappa shape index (κ3) is 4.53. The zero-order valence-corrected chi connectivity index (χ0v) is 14.1. The lowest BCUT2D eigenvalue weighted by Crippen LogP contribution is -2.10. The number of aliphatic imine (C=N–C) groups is 1. The van der Waals surface area contributed by atoms with Gasteiger partial charge in [0.1, 0.15) is 6.61 Å². The molecule has 130 valence electrons. The standard InChI is InChI=1S/C18H21N5O2/c1-2-16(24)13-9-20-18(21-10-13)23-14-6-3-12(4-7-14)5-8-15-11-25-17(19)22-15/h3-4,6-7,9-10,15H,2,5,8,11H2,1H3,(H2,19,22)(H,20,21,23). The minimum absolute atomic E-state index is 0.0367. The Morgan fingerprint density at radius 2 is 2.00 bits per heavy atom. The van der Waals surface area contributed by atoms with Gasteiger partial charge in [0.15, 0.2) is 5.78 Å². The number of nitrogens with one attached hydrogen (secondary N) is 1. The van der Waals surface area contributed by atoms with Crippen molar-refractivity contribution in [2.45, 2.75) is 32.2 Å². The molecule has 7 heteroatoms. The number of carbonyl (C=O) groups is 1. The van der Waals surface area contributed by atoms with E-state index in [4.69, 9.17) is 10.5 Å². The molecule has 0 fully saturated rings. The van der Waals surface area contributed by atoms with E-state index in [1.54, 1.807) is 12.4 Å². The first-order valence-corrected chi connectivity index (χ1v) is 8.31. The fourth-order valence-corrected chi connectivity index (χ4v) is 2.54. The molecule has 2 heterocycles. The van der Waals surface area contributed by atoms with Crippen LogP contribution in [0.4, 0.5) is 11.6 Å². The van der Waals surface area contributed by atoms with Gasteiger partial charge in [0.05, 0.1) is 11.6 Å². The third-order valence-corrected chi connectivity index (χ3v) is 4.00. The van der Waals surface area contributed by atoms with E-state index in [9.17, 15) is 4.79 Å². The number of carbonyl (C=O) groups excluding carboxylic acids is 1. The number of ether oxygens (including phenoxy) is 1. The molecular weight excluding hydrogens is 318 g/mol. The fraction of sp³-hybridized carbons (Fsp3) is 0.333. The molecule has 25 heavy (non-hydrogen) atoms. The van der Waals surface area contributed by atoms with Crippen molar-refractivity contribution in [3.05, 3.63) is 47.8 Å². The second-order valence-corrected chi connectivity index (χ2v) is 5.86. The van der Waals surface area contributed by atoms with E-state index in [1.165, 1.54) is 5.56 Å². The molecule has 0 bridgehead atoms. The summed E-state index contributed by atoms with van der Waals surface area (Å²) in [7, 11) is 0. The fourth-order valence-electron chi connectivity index (χ4n) is 2.54. The SMILES string of the molecule is CCC(=O)c1cnc(Nc2ccc(CCC3COC(N)=N3)cc2)nc1. The summed E-state index contributed by atoms with van der Waals surface area (Å²) in [6.45, 7) is 2.39. The van der Waals surface area contributed by atoms with E-state index < -0.39 is 0 Å². The number of ketones is 1. The molecule has 1 aromatic carbocycles. The lowest BCUT2D eigenvalue weighted by atomic mass is 10.1. The van der Waals surface area contributed by atoms with Crippen LogP contribution in [0.5, 0.6) is 0 Å². The maximum absolute atomic E-state index is 11.6. The second kappa shape index (κ2) is 7.74. The van der Waals surface area contributed by atoms with Crippen LogP contribution in [-0.2, 0) is 11.2 Å². The van der Waals surface area contributed by atoms with Crippen molar-refractivity contribution in [2.75, 3.05) is 11.9 Å². The lowest BCUT2D eigenvalue weighted by molar-refractivity contribution is 0.0987. The lowest BCUT2D eigenvalue weighted by Gasteiger charge is -2.08. The number of rotatable bonds is 7. The number of hydrogen-bond donors (Lipinski definition) is 2. The van der Waals surface area contributed by atoms with Crippen LogP contribution in [0.25, 0.3) is 0 Å². The van der Waals surface area contributed by atoms with Gasteiger partial charge in [-0.2, -0.15) is 0 Å². The number of hydrogen-bond acceptors (Lipinski definition) is 7. The first kappa shape index (κ1) is 16.9. The number of nitrogens with zero attached hydrogens (tertiary/aromatic N) is 3. The van der Waals surface area contributed by atoms with Crippen LogP contribution in [0.3, 0.4) is 0 Å². The van der Waals surface area contributed by atoms with Gasteiger partial charge in [0.2, 0.25) is 5.95 Å². The third-order valence-electron chi connectivity index (χ3n) is 4.00. The number of nitrogens with two attached hydrogens (primary N) is 1. The van der Waals surface area contributed by atoms with Gasteiger partial charge in [-0.05, 0) is 30.5 Å². The molecule has 3 rings (SSSR count). The summed E-state index contributed by atoms with van der Waals surface area (Å²) in [6, 6.07) is 8.51. The highest BCUT2D eigenvalue weighted by atomic mass is 16.5. The Kier molecular flexibility index (Phi) is 5.23. The first-order valence-electron chi connectivity index (χ1n) is 8.31. The Morgan fingerprint density at radius 1 is 1.28 bits per heavy atom. The molecule has 1 aliphatic rings. The molecule has 0 saturated heterocycles. The Bertz CT molecular complexity index is 756. The highest BCUT2D eigenvalue weighted by molar-refractivity contribution is 5.95. The summed E-state index contributed by atoms with van der Waals surface area (Å²) in [6.07, 6.45) is 5.36. The predicted molar refractivity (Wildman–Crippen MR) is 96.1 cm³/mol. The van der Waals surface area contributed by atoms with Gasteiger partial charge in [0, 0.05) is 24.5 Å². The van der Waals surface area contributed by atoms with E-state index in [0.717, 1.165) is 18.5 Å². The van der Waals surface area contributed by atoms with Gasteiger partial charge >= 0.3 is 0 Å². The molecule has 1 atom stereocenters.